The molecule has 0 unspecified atom stereocenters. The van der Waals surface area contributed by atoms with Crippen LogP contribution in [0.3, 0.4) is 0 Å². The molecular formula is C14H10O5. The van der Waals surface area contributed by atoms with Gasteiger partial charge in [0.2, 0.25) is 0 Å². The first-order chi connectivity index (χ1) is 9.10. The number of rotatable bonds is 3. The topological polar surface area (TPSA) is 83.8 Å². The van der Waals surface area contributed by atoms with Gasteiger partial charge in [-0.2, -0.15) is 0 Å². The second-order valence-corrected chi connectivity index (χ2v) is 3.77. The minimum absolute atomic E-state index is 0.0380. The number of carbonyl (C=O) groups is 2. The molecule has 0 heterocycles. The molecule has 0 amide bonds. The van der Waals surface area contributed by atoms with Crippen LogP contribution in [0.4, 0.5) is 0 Å². The highest BCUT2D eigenvalue weighted by atomic mass is 16.5. The quantitative estimate of drug-likeness (QED) is 0.500. The van der Waals surface area contributed by atoms with Crippen molar-refractivity contribution in [2.24, 2.45) is 0 Å². The normalized spacial score (nSPS) is 9.89. The van der Waals surface area contributed by atoms with Gasteiger partial charge in [0, 0.05) is 0 Å². The standard InChI is InChI=1S/C14H10O5/c15-8-10-7-12(5-6-13(10)17)19-14(18)9-1-3-11(16)4-2-9/h1-8,16-17H. The highest BCUT2D eigenvalue weighted by molar-refractivity contribution is 5.91. The molecule has 0 saturated heterocycles. The Morgan fingerprint density at radius 3 is 2.37 bits per heavy atom. The highest BCUT2D eigenvalue weighted by Crippen LogP contribution is 2.22. The maximum atomic E-state index is 11.8. The van der Waals surface area contributed by atoms with Crippen LogP contribution in [-0.2, 0) is 0 Å². The van der Waals surface area contributed by atoms with Gasteiger partial charge in [0.15, 0.2) is 6.29 Å². The summed E-state index contributed by atoms with van der Waals surface area (Å²) in [6, 6.07) is 9.47. The van der Waals surface area contributed by atoms with Crippen LogP contribution < -0.4 is 4.74 Å². The summed E-state index contributed by atoms with van der Waals surface area (Å²) in [5, 5.41) is 18.4. The largest absolute Gasteiger partial charge is 0.508 e. The molecule has 0 atom stereocenters. The number of aldehydes is 1. The molecule has 0 aliphatic heterocycles. The number of phenols is 2. The van der Waals surface area contributed by atoms with Gasteiger partial charge in [0.1, 0.15) is 17.2 Å². The van der Waals surface area contributed by atoms with E-state index in [9.17, 15) is 14.7 Å². The van der Waals surface area contributed by atoms with E-state index in [0.717, 1.165) is 0 Å². The third-order valence-electron chi connectivity index (χ3n) is 2.44. The summed E-state index contributed by atoms with van der Waals surface area (Å²) in [7, 11) is 0. The van der Waals surface area contributed by atoms with E-state index < -0.39 is 5.97 Å². The fourth-order valence-corrected chi connectivity index (χ4v) is 1.45. The van der Waals surface area contributed by atoms with Gasteiger partial charge in [0.25, 0.3) is 0 Å². The van der Waals surface area contributed by atoms with E-state index in [1.54, 1.807) is 0 Å². The van der Waals surface area contributed by atoms with Gasteiger partial charge in [0.05, 0.1) is 11.1 Å². The number of phenolic OH excluding ortho intramolecular Hbond substituents is 2. The Kier molecular flexibility index (Phi) is 3.47. The Bertz CT molecular complexity index is 616. The van der Waals surface area contributed by atoms with Crippen LogP contribution in [0, 0.1) is 0 Å². The van der Waals surface area contributed by atoms with Crippen LogP contribution in [-0.4, -0.2) is 22.5 Å². The van der Waals surface area contributed by atoms with E-state index in [4.69, 9.17) is 9.84 Å². The molecular weight excluding hydrogens is 248 g/mol. The average molecular weight is 258 g/mol. The monoisotopic (exact) mass is 258 g/mol. The summed E-state index contributed by atoms with van der Waals surface area (Å²) in [4.78, 5) is 22.4. The summed E-state index contributed by atoms with van der Waals surface area (Å²) in [6.45, 7) is 0. The third kappa shape index (κ3) is 2.90. The number of benzene rings is 2. The van der Waals surface area contributed by atoms with Crippen molar-refractivity contribution in [3.8, 4) is 17.2 Å². The molecule has 0 aliphatic rings. The van der Waals surface area contributed by atoms with Crippen LogP contribution in [0.2, 0.25) is 0 Å². The molecule has 5 nitrogen and oxygen atoms in total. The van der Waals surface area contributed by atoms with Crippen molar-refractivity contribution in [1.82, 2.24) is 0 Å². The third-order valence-corrected chi connectivity index (χ3v) is 2.44. The van der Waals surface area contributed by atoms with Gasteiger partial charge in [-0.3, -0.25) is 4.79 Å². The Labute approximate surface area is 108 Å². The summed E-state index contributed by atoms with van der Waals surface area (Å²) in [6.07, 6.45) is 0.466. The molecule has 19 heavy (non-hydrogen) atoms. The second kappa shape index (κ2) is 5.22. The van der Waals surface area contributed by atoms with Crippen molar-refractivity contribution >= 4 is 12.3 Å². The van der Waals surface area contributed by atoms with Crippen molar-refractivity contribution in [3.63, 3.8) is 0 Å². The van der Waals surface area contributed by atoms with E-state index in [2.05, 4.69) is 0 Å². The Balaban J connectivity index is 2.19. The first kappa shape index (κ1) is 12.6. The van der Waals surface area contributed by atoms with E-state index in [0.29, 0.717) is 6.29 Å². The summed E-state index contributed by atoms with van der Waals surface area (Å²) in [5.74, 6) is -0.607. The van der Waals surface area contributed by atoms with Gasteiger partial charge in [-0.15, -0.1) is 0 Å². The van der Waals surface area contributed by atoms with Crippen LogP contribution in [0.1, 0.15) is 20.7 Å². The zero-order valence-corrected chi connectivity index (χ0v) is 9.74. The zero-order valence-electron chi connectivity index (χ0n) is 9.74. The minimum Gasteiger partial charge on any atom is -0.508 e. The van der Waals surface area contributed by atoms with E-state index >= 15 is 0 Å². The van der Waals surface area contributed by atoms with E-state index in [1.807, 2.05) is 0 Å². The van der Waals surface area contributed by atoms with Crippen molar-refractivity contribution < 1.29 is 24.5 Å². The molecule has 2 N–H and O–H groups in total. The van der Waals surface area contributed by atoms with Crippen molar-refractivity contribution in [1.29, 1.82) is 0 Å². The number of ether oxygens (including phenoxy) is 1. The molecule has 0 aliphatic carbocycles. The van der Waals surface area contributed by atoms with Gasteiger partial charge in [-0.1, -0.05) is 0 Å². The lowest BCUT2D eigenvalue weighted by molar-refractivity contribution is 0.0734. The zero-order chi connectivity index (χ0) is 13.8. The van der Waals surface area contributed by atoms with Gasteiger partial charge in [-0.25, -0.2) is 4.79 Å². The molecule has 0 saturated carbocycles. The number of aromatic hydroxyl groups is 2. The average Bonchev–Trinajstić information content (AvgIpc) is 2.41. The molecule has 2 aromatic carbocycles. The molecule has 0 aromatic heterocycles. The number of carbonyl (C=O) groups excluding carboxylic acids is 2. The maximum absolute atomic E-state index is 11.8. The van der Waals surface area contributed by atoms with Crippen LogP contribution in [0.25, 0.3) is 0 Å². The predicted octanol–water partition coefficient (Wildman–Crippen LogP) is 2.13. The smallest absolute Gasteiger partial charge is 0.343 e. The number of hydrogen-bond donors (Lipinski definition) is 2. The maximum Gasteiger partial charge on any atom is 0.343 e. The van der Waals surface area contributed by atoms with Crippen molar-refractivity contribution in [2.45, 2.75) is 0 Å². The lowest BCUT2D eigenvalue weighted by atomic mass is 10.2. The first-order valence-electron chi connectivity index (χ1n) is 5.39. The lowest BCUT2D eigenvalue weighted by Crippen LogP contribution is -2.08. The Morgan fingerprint density at radius 2 is 1.74 bits per heavy atom. The molecule has 96 valence electrons. The number of esters is 1. The summed E-state index contributed by atoms with van der Waals surface area (Å²) < 4.78 is 5.05. The van der Waals surface area contributed by atoms with E-state index in [-0.39, 0.29) is 28.4 Å². The summed E-state index contributed by atoms with van der Waals surface area (Å²) in [5.41, 5.74) is 0.300. The minimum atomic E-state index is -0.623. The van der Waals surface area contributed by atoms with Crippen molar-refractivity contribution in [3.05, 3.63) is 53.6 Å². The molecule has 0 spiro atoms. The lowest BCUT2D eigenvalue weighted by Gasteiger charge is -2.05. The van der Waals surface area contributed by atoms with Gasteiger partial charge >= 0.3 is 5.97 Å². The fourth-order valence-electron chi connectivity index (χ4n) is 1.45. The van der Waals surface area contributed by atoms with Crippen LogP contribution in [0.15, 0.2) is 42.5 Å². The molecule has 0 fully saturated rings. The predicted molar refractivity (Wildman–Crippen MR) is 66.6 cm³/mol. The summed E-state index contributed by atoms with van der Waals surface area (Å²) >= 11 is 0. The SMILES string of the molecule is O=Cc1cc(OC(=O)c2ccc(O)cc2)ccc1O. The van der Waals surface area contributed by atoms with Crippen LogP contribution in [0.5, 0.6) is 17.2 Å². The Hall–Kier alpha value is -2.82. The Morgan fingerprint density at radius 1 is 1.05 bits per heavy atom. The first-order valence-corrected chi connectivity index (χ1v) is 5.39. The van der Waals surface area contributed by atoms with Gasteiger partial charge in [-0.05, 0) is 42.5 Å². The fraction of sp³-hybridized carbons (Fsp3) is 0. The van der Waals surface area contributed by atoms with Gasteiger partial charge < -0.3 is 14.9 Å². The molecule has 5 heteroatoms. The molecule has 0 bridgehead atoms. The van der Waals surface area contributed by atoms with E-state index in [1.165, 1.54) is 42.5 Å². The second-order valence-electron chi connectivity index (χ2n) is 3.77. The van der Waals surface area contributed by atoms with Crippen molar-refractivity contribution in [2.75, 3.05) is 0 Å². The molecule has 2 rings (SSSR count). The highest BCUT2D eigenvalue weighted by Gasteiger charge is 2.10. The number of hydrogen-bond acceptors (Lipinski definition) is 5. The molecule has 0 radical (unpaired) electrons. The molecule has 2 aromatic rings. The van der Waals surface area contributed by atoms with Crippen LogP contribution >= 0.6 is 0 Å².